The van der Waals surface area contributed by atoms with Gasteiger partial charge in [-0.05, 0) is 67.3 Å². The maximum Gasteiger partial charge on any atom is 0.261 e. The Morgan fingerprint density at radius 1 is 0.947 bits per heavy atom. The molecule has 9 nitrogen and oxygen atoms in total. The summed E-state index contributed by atoms with van der Waals surface area (Å²) >= 11 is 1.40. The van der Waals surface area contributed by atoms with Crippen LogP contribution in [0, 0.1) is 5.41 Å². The smallest absolute Gasteiger partial charge is 0.261 e. The van der Waals surface area contributed by atoms with Crippen molar-refractivity contribution in [1.29, 1.82) is 0 Å². The molecule has 3 heterocycles. The van der Waals surface area contributed by atoms with Gasteiger partial charge in [-0.15, -0.1) is 0 Å². The Kier molecular flexibility index (Phi) is 7.09. The molecule has 0 N–H and O–H groups in total. The van der Waals surface area contributed by atoms with Gasteiger partial charge in [0.15, 0.2) is 5.16 Å². The molecule has 0 atom stereocenters. The Bertz CT molecular complexity index is 1460. The van der Waals surface area contributed by atoms with Crippen LogP contribution in [-0.2, 0) is 7.05 Å². The Morgan fingerprint density at radius 3 is 2.32 bits per heavy atom. The molecule has 2 aliphatic rings. The van der Waals surface area contributed by atoms with E-state index in [1.807, 2.05) is 16.1 Å². The lowest BCUT2D eigenvalue weighted by Crippen LogP contribution is -2.44. The monoisotopic (exact) mass is 536 g/mol. The number of rotatable bonds is 5. The van der Waals surface area contributed by atoms with Gasteiger partial charge in [0.2, 0.25) is 0 Å². The second kappa shape index (κ2) is 10.3. The lowest BCUT2D eigenvalue weighted by Gasteiger charge is -2.39. The fourth-order valence-corrected chi connectivity index (χ4v) is 6.15. The third-order valence-corrected chi connectivity index (χ3v) is 8.67. The van der Waals surface area contributed by atoms with Gasteiger partial charge in [-0.2, -0.15) is 0 Å². The number of carbonyl (C=O) groups is 2. The van der Waals surface area contributed by atoms with Crippen LogP contribution in [0.5, 0.6) is 11.5 Å². The molecule has 2 fully saturated rings. The van der Waals surface area contributed by atoms with Gasteiger partial charge in [0.25, 0.3) is 17.4 Å². The number of carbonyl (C=O) groups excluding carboxylic acids is 2. The van der Waals surface area contributed by atoms with Crippen LogP contribution in [0.3, 0.4) is 0 Å². The van der Waals surface area contributed by atoms with Gasteiger partial charge in [-0.1, -0.05) is 11.8 Å². The Hall–Kier alpha value is -3.53. The lowest BCUT2D eigenvalue weighted by molar-refractivity contribution is 0.0562. The average molecular weight is 537 g/mol. The normalized spacial score (nSPS) is 16.7. The molecule has 38 heavy (non-hydrogen) atoms. The summed E-state index contributed by atoms with van der Waals surface area (Å²) in [4.78, 5) is 47.7. The zero-order valence-corrected chi connectivity index (χ0v) is 23.0. The van der Waals surface area contributed by atoms with Gasteiger partial charge in [0.05, 0.1) is 30.7 Å². The molecule has 2 saturated heterocycles. The summed E-state index contributed by atoms with van der Waals surface area (Å²) in [5, 5.41) is 1.12. The van der Waals surface area contributed by atoms with Crippen LogP contribution in [0.4, 0.5) is 0 Å². The largest absolute Gasteiger partial charge is 0.497 e. The highest BCUT2D eigenvalue weighted by Crippen LogP contribution is 2.41. The number of hydrogen-bond acceptors (Lipinski definition) is 7. The van der Waals surface area contributed by atoms with Crippen molar-refractivity contribution in [1.82, 2.24) is 19.4 Å². The van der Waals surface area contributed by atoms with E-state index in [1.165, 1.54) is 16.3 Å². The SMILES string of the molecule is COc1ccc(OC)c(C(=O)N2CCC3(CCN(C(=O)c4ccc5c(=O)n(C)c(SC)nc5c4)C3)CC2)c1. The number of likely N-dealkylation sites (tertiary alicyclic amines) is 2. The summed E-state index contributed by atoms with van der Waals surface area (Å²) < 4.78 is 12.2. The van der Waals surface area contributed by atoms with Gasteiger partial charge in [-0.25, -0.2) is 4.98 Å². The molecular weight excluding hydrogens is 504 g/mol. The molecule has 0 bridgehead atoms. The predicted molar refractivity (Wildman–Crippen MR) is 146 cm³/mol. The highest BCUT2D eigenvalue weighted by atomic mass is 32.2. The van der Waals surface area contributed by atoms with E-state index in [0.717, 1.165) is 19.3 Å². The van der Waals surface area contributed by atoms with Crippen molar-refractivity contribution in [2.24, 2.45) is 12.5 Å². The molecule has 5 rings (SSSR count). The molecule has 0 unspecified atom stereocenters. The summed E-state index contributed by atoms with van der Waals surface area (Å²) in [6, 6.07) is 10.4. The molecule has 0 radical (unpaired) electrons. The van der Waals surface area contributed by atoms with Crippen LogP contribution >= 0.6 is 11.8 Å². The summed E-state index contributed by atoms with van der Waals surface area (Å²) in [5.74, 6) is 1.03. The van der Waals surface area contributed by atoms with Gasteiger partial charge >= 0.3 is 0 Å². The van der Waals surface area contributed by atoms with Gasteiger partial charge in [0.1, 0.15) is 11.5 Å². The number of thioether (sulfide) groups is 1. The van der Waals surface area contributed by atoms with E-state index in [-0.39, 0.29) is 22.8 Å². The van der Waals surface area contributed by atoms with Gasteiger partial charge in [0, 0.05) is 38.8 Å². The minimum Gasteiger partial charge on any atom is -0.497 e. The van der Waals surface area contributed by atoms with Crippen LogP contribution < -0.4 is 15.0 Å². The van der Waals surface area contributed by atoms with E-state index in [4.69, 9.17) is 9.47 Å². The van der Waals surface area contributed by atoms with Crippen LogP contribution in [0.2, 0.25) is 0 Å². The van der Waals surface area contributed by atoms with E-state index in [0.29, 0.717) is 64.9 Å². The Morgan fingerprint density at radius 2 is 1.66 bits per heavy atom. The highest BCUT2D eigenvalue weighted by Gasteiger charge is 2.43. The highest BCUT2D eigenvalue weighted by molar-refractivity contribution is 7.98. The second-order valence-corrected chi connectivity index (χ2v) is 10.8. The third kappa shape index (κ3) is 4.62. The molecule has 2 aliphatic heterocycles. The van der Waals surface area contributed by atoms with Crippen molar-refractivity contribution in [2.75, 3.05) is 46.7 Å². The first-order chi connectivity index (χ1) is 18.3. The minimum atomic E-state index is -0.119. The molecule has 2 amide bonds. The Balaban J connectivity index is 1.28. The molecule has 2 aromatic carbocycles. The van der Waals surface area contributed by atoms with E-state index < -0.39 is 0 Å². The first-order valence-electron chi connectivity index (χ1n) is 12.6. The number of piperidine rings is 1. The summed E-state index contributed by atoms with van der Waals surface area (Å²) in [6.07, 6.45) is 4.45. The quantitative estimate of drug-likeness (QED) is 0.364. The van der Waals surface area contributed by atoms with E-state index in [1.54, 1.807) is 57.7 Å². The van der Waals surface area contributed by atoms with Crippen molar-refractivity contribution < 1.29 is 19.1 Å². The maximum atomic E-state index is 13.4. The van der Waals surface area contributed by atoms with E-state index in [9.17, 15) is 14.4 Å². The maximum absolute atomic E-state index is 13.4. The lowest BCUT2D eigenvalue weighted by atomic mass is 9.77. The van der Waals surface area contributed by atoms with E-state index in [2.05, 4.69) is 4.98 Å². The average Bonchev–Trinajstić information content (AvgIpc) is 3.37. The fourth-order valence-electron chi connectivity index (χ4n) is 5.60. The number of aromatic nitrogens is 2. The van der Waals surface area contributed by atoms with E-state index >= 15 is 0 Å². The van der Waals surface area contributed by atoms with Crippen molar-refractivity contribution in [3.05, 3.63) is 57.9 Å². The fraction of sp³-hybridized carbons (Fsp3) is 0.429. The van der Waals surface area contributed by atoms with Gasteiger partial charge < -0.3 is 19.3 Å². The molecule has 3 aromatic rings. The number of nitrogens with zero attached hydrogens (tertiary/aromatic N) is 4. The number of benzene rings is 2. The van der Waals surface area contributed by atoms with Crippen molar-refractivity contribution in [3.63, 3.8) is 0 Å². The molecule has 200 valence electrons. The van der Waals surface area contributed by atoms with Crippen molar-refractivity contribution >= 4 is 34.5 Å². The second-order valence-electron chi connectivity index (χ2n) is 10.0. The number of ether oxygens (including phenoxy) is 2. The standard InChI is InChI=1S/C28H32N4O5S/c1-30-25(34)20-7-5-18(15-22(20)29-27(30)38-4)24(33)32-14-11-28(17-32)9-12-31(13-10-28)26(35)21-16-19(36-2)6-8-23(21)37-3/h5-8,15-16H,9-14,17H2,1-4H3. The number of fused-ring (bicyclic) bond motifs is 1. The summed E-state index contributed by atoms with van der Waals surface area (Å²) in [6.45, 7) is 2.59. The zero-order chi connectivity index (χ0) is 27.0. The number of hydrogen-bond donors (Lipinski definition) is 0. The van der Waals surface area contributed by atoms with Crippen LogP contribution in [0.25, 0.3) is 10.9 Å². The molecule has 0 aliphatic carbocycles. The number of methoxy groups -OCH3 is 2. The van der Waals surface area contributed by atoms with Crippen LogP contribution in [-0.4, -0.2) is 77.8 Å². The van der Waals surface area contributed by atoms with Gasteiger partial charge in [-0.3, -0.25) is 19.0 Å². The van der Waals surface area contributed by atoms with Crippen LogP contribution in [0.1, 0.15) is 40.0 Å². The molecule has 1 aromatic heterocycles. The molecule has 10 heteroatoms. The predicted octanol–water partition coefficient (Wildman–Crippen LogP) is 3.44. The first kappa shape index (κ1) is 26.1. The third-order valence-electron chi connectivity index (χ3n) is 7.94. The first-order valence-corrected chi connectivity index (χ1v) is 13.9. The molecule has 0 saturated carbocycles. The summed E-state index contributed by atoms with van der Waals surface area (Å²) in [7, 11) is 4.83. The molecule has 1 spiro atoms. The van der Waals surface area contributed by atoms with Crippen molar-refractivity contribution in [3.8, 4) is 11.5 Å². The molecular formula is C28H32N4O5S. The van der Waals surface area contributed by atoms with Crippen molar-refractivity contribution in [2.45, 2.75) is 24.4 Å². The zero-order valence-electron chi connectivity index (χ0n) is 22.2. The Labute approximate surface area is 225 Å². The topological polar surface area (TPSA) is 94.0 Å². The number of amides is 2. The minimum absolute atomic E-state index is 0.00195. The van der Waals surface area contributed by atoms with Crippen LogP contribution in [0.15, 0.2) is 46.3 Å². The summed E-state index contributed by atoms with van der Waals surface area (Å²) in [5.41, 5.74) is 1.46.